The van der Waals surface area contributed by atoms with Crippen LogP contribution in [0, 0.1) is 6.92 Å². The molecule has 1 aliphatic rings. The van der Waals surface area contributed by atoms with Gasteiger partial charge < -0.3 is 20.3 Å². The lowest BCUT2D eigenvalue weighted by atomic mass is 9.88. The highest BCUT2D eigenvalue weighted by Gasteiger charge is 2.20. The third-order valence-electron chi connectivity index (χ3n) is 5.78. The monoisotopic (exact) mass is 417 g/mol. The van der Waals surface area contributed by atoms with Crippen LogP contribution in [-0.4, -0.2) is 28.8 Å². The lowest BCUT2D eigenvalue weighted by Gasteiger charge is -2.27. The zero-order valence-electron chi connectivity index (χ0n) is 17.5. The zero-order valence-corrected chi connectivity index (χ0v) is 17.5. The van der Waals surface area contributed by atoms with E-state index in [1.165, 1.54) is 22.8 Å². The predicted molar refractivity (Wildman–Crippen MR) is 120 cm³/mol. The summed E-state index contributed by atoms with van der Waals surface area (Å²) in [5.41, 5.74) is 4.84. The van der Waals surface area contributed by atoms with Gasteiger partial charge in [0.25, 0.3) is 0 Å². The molecule has 0 fully saturated rings. The molecule has 0 saturated carbocycles. The SMILES string of the molecule is Cc1ccc([C@H](O)CN[C@H]2CCc3ccc(Oc4cccc(C(=O)O)c4)cc3C2)cc1. The first kappa shape index (κ1) is 21.1. The number of carbonyl (C=O) groups is 1. The van der Waals surface area contributed by atoms with Gasteiger partial charge in [-0.25, -0.2) is 4.79 Å². The van der Waals surface area contributed by atoms with Gasteiger partial charge in [-0.1, -0.05) is 42.0 Å². The van der Waals surface area contributed by atoms with Gasteiger partial charge in [-0.15, -0.1) is 0 Å². The van der Waals surface area contributed by atoms with Crippen molar-refractivity contribution in [3.8, 4) is 11.5 Å². The molecule has 4 rings (SSSR count). The topological polar surface area (TPSA) is 78.8 Å². The average molecular weight is 418 g/mol. The number of aliphatic hydroxyl groups is 1. The van der Waals surface area contributed by atoms with E-state index in [1.54, 1.807) is 18.2 Å². The molecule has 0 radical (unpaired) electrons. The van der Waals surface area contributed by atoms with Crippen molar-refractivity contribution < 1.29 is 19.7 Å². The number of rotatable bonds is 7. The fraction of sp³-hybridized carbons (Fsp3) is 0.269. The van der Waals surface area contributed by atoms with Crippen LogP contribution in [0.1, 0.15) is 45.1 Å². The lowest BCUT2D eigenvalue weighted by Crippen LogP contribution is -2.37. The van der Waals surface area contributed by atoms with Crippen molar-refractivity contribution in [2.24, 2.45) is 0 Å². The summed E-state index contributed by atoms with van der Waals surface area (Å²) in [6.45, 7) is 2.55. The van der Waals surface area contributed by atoms with Crippen LogP contribution in [0.3, 0.4) is 0 Å². The number of carboxylic acid groups (broad SMARTS) is 1. The van der Waals surface area contributed by atoms with E-state index in [2.05, 4.69) is 11.4 Å². The van der Waals surface area contributed by atoms with Crippen LogP contribution in [0.15, 0.2) is 66.7 Å². The number of fused-ring (bicyclic) bond motifs is 1. The predicted octanol–water partition coefficient (Wildman–Crippen LogP) is 4.67. The van der Waals surface area contributed by atoms with E-state index in [4.69, 9.17) is 9.84 Å². The van der Waals surface area contributed by atoms with Gasteiger partial charge in [-0.05, 0) is 73.2 Å². The number of carboxylic acids is 1. The Morgan fingerprint density at radius 2 is 1.84 bits per heavy atom. The van der Waals surface area contributed by atoms with E-state index in [0.717, 1.165) is 24.8 Å². The van der Waals surface area contributed by atoms with Crippen LogP contribution in [0.2, 0.25) is 0 Å². The molecule has 1 aliphatic carbocycles. The summed E-state index contributed by atoms with van der Waals surface area (Å²) in [5, 5.41) is 23.1. The quantitative estimate of drug-likeness (QED) is 0.521. The van der Waals surface area contributed by atoms with Gasteiger partial charge in [0.05, 0.1) is 11.7 Å². The van der Waals surface area contributed by atoms with Gasteiger partial charge in [0.2, 0.25) is 0 Å². The maximum absolute atomic E-state index is 11.2. The molecule has 31 heavy (non-hydrogen) atoms. The van der Waals surface area contributed by atoms with Crippen molar-refractivity contribution in [3.05, 3.63) is 94.5 Å². The molecule has 3 N–H and O–H groups in total. The molecule has 0 bridgehead atoms. The molecule has 5 nitrogen and oxygen atoms in total. The second kappa shape index (κ2) is 9.33. The third-order valence-corrected chi connectivity index (χ3v) is 5.78. The minimum atomic E-state index is -0.974. The first-order valence-corrected chi connectivity index (χ1v) is 10.6. The van der Waals surface area contributed by atoms with E-state index in [9.17, 15) is 9.90 Å². The Kier molecular flexibility index (Phi) is 6.35. The fourth-order valence-corrected chi connectivity index (χ4v) is 3.98. The highest BCUT2D eigenvalue weighted by Crippen LogP contribution is 2.29. The molecule has 0 spiro atoms. The van der Waals surface area contributed by atoms with Gasteiger partial charge in [0, 0.05) is 12.6 Å². The summed E-state index contributed by atoms with van der Waals surface area (Å²) in [6, 6.07) is 20.8. The fourth-order valence-electron chi connectivity index (χ4n) is 3.98. The maximum atomic E-state index is 11.2. The lowest BCUT2D eigenvalue weighted by molar-refractivity contribution is 0.0696. The third kappa shape index (κ3) is 5.32. The first-order valence-electron chi connectivity index (χ1n) is 10.6. The molecule has 160 valence electrons. The highest BCUT2D eigenvalue weighted by molar-refractivity contribution is 5.88. The summed E-state index contributed by atoms with van der Waals surface area (Å²) >= 11 is 0. The molecule has 0 saturated heterocycles. The summed E-state index contributed by atoms with van der Waals surface area (Å²) in [6.07, 6.45) is 2.33. The van der Waals surface area contributed by atoms with Gasteiger partial charge in [0.15, 0.2) is 0 Å². The minimum absolute atomic E-state index is 0.201. The molecule has 0 heterocycles. The molecule has 0 amide bonds. The van der Waals surface area contributed by atoms with Crippen LogP contribution in [0.5, 0.6) is 11.5 Å². The molecular weight excluding hydrogens is 390 g/mol. The average Bonchev–Trinajstić information content (AvgIpc) is 2.78. The van der Waals surface area contributed by atoms with Crippen molar-refractivity contribution >= 4 is 5.97 Å². The number of hydrogen-bond donors (Lipinski definition) is 3. The molecule has 2 atom stereocenters. The summed E-state index contributed by atoms with van der Waals surface area (Å²) in [7, 11) is 0. The minimum Gasteiger partial charge on any atom is -0.478 e. The molecule has 5 heteroatoms. The van der Waals surface area contributed by atoms with Crippen LogP contribution in [0.25, 0.3) is 0 Å². The largest absolute Gasteiger partial charge is 0.478 e. The molecular formula is C26H27NO4. The second-order valence-corrected chi connectivity index (χ2v) is 8.14. The Balaban J connectivity index is 1.38. The standard InChI is InChI=1S/C26H27NO4/c1-17-5-7-19(8-6-17)25(28)16-27-22-11-9-18-10-12-24(15-21(18)13-22)31-23-4-2-3-20(14-23)26(29)30/h2-8,10,12,14-15,22,25,27-28H,9,11,13,16H2,1H3,(H,29,30)/t22-,25+/m0/s1. The number of ether oxygens (including phenoxy) is 1. The molecule has 0 unspecified atom stereocenters. The van der Waals surface area contributed by atoms with E-state index in [1.807, 2.05) is 43.3 Å². The van der Waals surface area contributed by atoms with Gasteiger partial charge >= 0.3 is 5.97 Å². The van der Waals surface area contributed by atoms with Crippen molar-refractivity contribution in [2.75, 3.05) is 6.54 Å². The number of aliphatic hydroxyl groups excluding tert-OH is 1. The Morgan fingerprint density at radius 3 is 2.61 bits per heavy atom. The molecule has 3 aromatic carbocycles. The zero-order chi connectivity index (χ0) is 21.8. The summed E-state index contributed by atoms with van der Waals surface area (Å²) in [4.78, 5) is 11.2. The Labute approximate surface area is 182 Å². The van der Waals surface area contributed by atoms with Crippen molar-refractivity contribution in [2.45, 2.75) is 38.3 Å². The van der Waals surface area contributed by atoms with Gasteiger partial charge in [-0.3, -0.25) is 0 Å². The van der Waals surface area contributed by atoms with E-state index < -0.39 is 12.1 Å². The number of nitrogens with one attached hydrogen (secondary N) is 1. The van der Waals surface area contributed by atoms with E-state index in [0.29, 0.717) is 18.0 Å². The molecule has 0 aromatic heterocycles. The Bertz CT molecular complexity index is 1060. The molecule has 3 aromatic rings. The van der Waals surface area contributed by atoms with Gasteiger partial charge in [0.1, 0.15) is 11.5 Å². The normalized spacial score (nSPS) is 16.4. The molecule has 0 aliphatic heterocycles. The van der Waals surface area contributed by atoms with Crippen LogP contribution in [0.4, 0.5) is 0 Å². The Hall–Kier alpha value is -3.15. The Morgan fingerprint density at radius 1 is 1.06 bits per heavy atom. The number of benzene rings is 3. The highest BCUT2D eigenvalue weighted by atomic mass is 16.5. The van der Waals surface area contributed by atoms with Crippen LogP contribution < -0.4 is 10.1 Å². The van der Waals surface area contributed by atoms with E-state index >= 15 is 0 Å². The van der Waals surface area contributed by atoms with Crippen LogP contribution >= 0.6 is 0 Å². The maximum Gasteiger partial charge on any atom is 0.335 e. The number of hydrogen-bond acceptors (Lipinski definition) is 4. The van der Waals surface area contributed by atoms with Crippen molar-refractivity contribution in [3.63, 3.8) is 0 Å². The van der Waals surface area contributed by atoms with Crippen LogP contribution in [-0.2, 0) is 12.8 Å². The van der Waals surface area contributed by atoms with Gasteiger partial charge in [-0.2, -0.15) is 0 Å². The second-order valence-electron chi connectivity index (χ2n) is 8.14. The summed E-state index contributed by atoms with van der Waals surface area (Å²) in [5.74, 6) is 0.228. The number of aryl methyl sites for hydroxylation is 2. The number of aromatic carboxylic acids is 1. The summed E-state index contributed by atoms with van der Waals surface area (Å²) < 4.78 is 5.91. The first-order chi connectivity index (χ1) is 15.0. The van der Waals surface area contributed by atoms with Crippen molar-refractivity contribution in [1.82, 2.24) is 5.32 Å². The van der Waals surface area contributed by atoms with E-state index in [-0.39, 0.29) is 11.6 Å². The van der Waals surface area contributed by atoms with Crippen molar-refractivity contribution in [1.29, 1.82) is 0 Å². The smallest absolute Gasteiger partial charge is 0.335 e.